The fraction of sp³-hybridized carbons (Fsp3) is 0.364. The van der Waals surface area contributed by atoms with Gasteiger partial charge in [0.1, 0.15) is 11.6 Å². The summed E-state index contributed by atoms with van der Waals surface area (Å²) in [6, 6.07) is 2.80. The molecule has 0 radical (unpaired) electrons. The molecule has 1 saturated heterocycles. The number of Topliss-reactive ketones (excluding diaryl/α,β-unsaturated/α-hetero) is 1. The molecule has 0 bridgehead atoms. The van der Waals surface area contributed by atoms with Crippen molar-refractivity contribution in [3.05, 3.63) is 35.4 Å². The van der Waals surface area contributed by atoms with Crippen LogP contribution in [0.1, 0.15) is 10.4 Å². The third kappa shape index (κ3) is 1.62. The first kappa shape index (κ1) is 11.2. The number of carbonyl (C=O) groups is 1. The van der Waals surface area contributed by atoms with Gasteiger partial charge in [-0.05, 0) is 18.2 Å². The van der Waals surface area contributed by atoms with Crippen LogP contribution in [0.3, 0.4) is 0 Å². The quantitative estimate of drug-likeness (QED) is 0.787. The molecular formula is C11H11F2NO2. The van der Waals surface area contributed by atoms with E-state index < -0.39 is 22.8 Å². The summed E-state index contributed by atoms with van der Waals surface area (Å²) in [6.45, 7) is 0.401. The smallest absolute Gasteiger partial charge is 0.177 e. The van der Waals surface area contributed by atoms with Gasteiger partial charge in [-0.25, -0.2) is 8.78 Å². The van der Waals surface area contributed by atoms with E-state index in [9.17, 15) is 13.6 Å². The zero-order valence-corrected chi connectivity index (χ0v) is 8.50. The molecular weight excluding hydrogens is 216 g/mol. The Morgan fingerprint density at radius 1 is 1.44 bits per heavy atom. The van der Waals surface area contributed by atoms with Gasteiger partial charge in [-0.15, -0.1) is 0 Å². The minimum atomic E-state index is -0.880. The normalized spacial score (nSPS) is 17.9. The Kier molecular flexibility index (Phi) is 2.73. The molecule has 2 N–H and O–H groups in total. The summed E-state index contributed by atoms with van der Waals surface area (Å²) in [6.07, 6.45) is 0. The van der Waals surface area contributed by atoms with Crippen molar-refractivity contribution in [3.8, 4) is 0 Å². The van der Waals surface area contributed by atoms with Gasteiger partial charge in [0.25, 0.3) is 0 Å². The van der Waals surface area contributed by atoms with Gasteiger partial charge in [-0.3, -0.25) is 4.79 Å². The zero-order chi connectivity index (χ0) is 11.8. The molecule has 1 aliphatic rings. The number of rotatable bonds is 3. The first-order valence-corrected chi connectivity index (χ1v) is 4.87. The maximum Gasteiger partial charge on any atom is 0.177 e. The Labute approximate surface area is 91.2 Å². The molecule has 1 heterocycles. The Morgan fingerprint density at radius 2 is 2.12 bits per heavy atom. The van der Waals surface area contributed by atoms with Crippen LogP contribution in [0.15, 0.2) is 18.2 Å². The highest BCUT2D eigenvalue weighted by atomic mass is 19.1. The molecule has 0 amide bonds. The molecule has 1 fully saturated rings. The Hall–Kier alpha value is -1.33. The topological polar surface area (TPSA) is 52.3 Å². The first-order valence-electron chi connectivity index (χ1n) is 4.87. The van der Waals surface area contributed by atoms with Crippen molar-refractivity contribution < 1.29 is 18.3 Å². The van der Waals surface area contributed by atoms with Crippen molar-refractivity contribution in [3.63, 3.8) is 0 Å². The maximum absolute atomic E-state index is 13.4. The van der Waals surface area contributed by atoms with Crippen molar-refractivity contribution in [1.82, 2.24) is 0 Å². The van der Waals surface area contributed by atoms with Crippen LogP contribution >= 0.6 is 0 Å². The van der Waals surface area contributed by atoms with E-state index in [1.54, 1.807) is 0 Å². The summed E-state index contributed by atoms with van der Waals surface area (Å²) < 4.78 is 31.2. The minimum absolute atomic E-state index is 0.0712. The standard InChI is InChI=1S/C11H11F2NO2/c12-7-1-2-9(13)8(3-7)10(15)11(4-14)5-16-6-11/h1-3H,4-6,14H2. The summed E-state index contributed by atoms with van der Waals surface area (Å²) in [7, 11) is 0. The lowest BCUT2D eigenvalue weighted by Crippen LogP contribution is -2.54. The number of hydrogen-bond donors (Lipinski definition) is 1. The Balaban J connectivity index is 2.37. The minimum Gasteiger partial charge on any atom is -0.379 e. The van der Waals surface area contributed by atoms with E-state index in [4.69, 9.17) is 10.5 Å². The largest absolute Gasteiger partial charge is 0.379 e. The third-order valence-corrected chi connectivity index (χ3v) is 2.80. The molecule has 3 nitrogen and oxygen atoms in total. The van der Waals surface area contributed by atoms with Gasteiger partial charge in [0.05, 0.1) is 24.2 Å². The summed E-state index contributed by atoms with van der Waals surface area (Å²) in [5, 5.41) is 0. The van der Waals surface area contributed by atoms with Crippen LogP contribution in [-0.4, -0.2) is 25.5 Å². The van der Waals surface area contributed by atoms with Gasteiger partial charge >= 0.3 is 0 Å². The second-order valence-corrected chi connectivity index (χ2v) is 3.93. The monoisotopic (exact) mass is 227 g/mol. The fourth-order valence-corrected chi connectivity index (χ4v) is 1.65. The highest BCUT2D eigenvalue weighted by Crippen LogP contribution is 2.31. The molecule has 0 saturated carbocycles. The number of hydrogen-bond acceptors (Lipinski definition) is 3. The highest BCUT2D eigenvalue weighted by molar-refractivity contribution is 6.01. The second kappa shape index (κ2) is 3.92. The molecule has 16 heavy (non-hydrogen) atoms. The van der Waals surface area contributed by atoms with Gasteiger partial charge in [0, 0.05) is 6.54 Å². The number of halogens is 2. The number of nitrogens with two attached hydrogens (primary N) is 1. The molecule has 1 aliphatic heterocycles. The number of benzene rings is 1. The molecule has 0 atom stereocenters. The predicted molar refractivity (Wildman–Crippen MR) is 53.0 cm³/mol. The third-order valence-electron chi connectivity index (χ3n) is 2.80. The Morgan fingerprint density at radius 3 is 2.62 bits per heavy atom. The summed E-state index contributed by atoms with van der Waals surface area (Å²) in [5.74, 6) is -1.86. The van der Waals surface area contributed by atoms with Crippen LogP contribution in [0, 0.1) is 17.0 Å². The van der Waals surface area contributed by atoms with Gasteiger partial charge in [0.15, 0.2) is 5.78 Å². The molecule has 0 spiro atoms. The summed E-state index contributed by atoms with van der Waals surface area (Å²) >= 11 is 0. The van der Waals surface area contributed by atoms with Crippen LogP contribution in [0.5, 0.6) is 0 Å². The first-order chi connectivity index (χ1) is 7.59. The van der Waals surface area contributed by atoms with E-state index in [1.807, 2.05) is 0 Å². The molecule has 0 aromatic heterocycles. The van der Waals surface area contributed by atoms with E-state index in [0.29, 0.717) is 0 Å². The van der Waals surface area contributed by atoms with Crippen molar-refractivity contribution in [1.29, 1.82) is 0 Å². The SMILES string of the molecule is NCC1(C(=O)c2cc(F)ccc2F)COC1. The molecule has 86 valence electrons. The van der Waals surface area contributed by atoms with Crippen molar-refractivity contribution in [2.45, 2.75) is 0 Å². The number of ether oxygens (including phenoxy) is 1. The molecule has 5 heteroatoms. The molecule has 1 aromatic carbocycles. The summed E-state index contributed by atoms with van der Waals surface area (Å²) in [5.41, 5.74) is 4.34. The molecule has 1 aromatic rings. The molecule has 0 unspecified atom stereocenters. The van der Waals surface area contributed by atoms with E-state index in [1.165, 1.54) is 0 Å². The lowest BCUT2D eigenvalue weighted by atomic mass is 9.78. The van der Waals surface area contributed by atoms with Gasteiger partial charge < -0.3 is 10.5 Å². The Bertz CT molecular complexity index is 424. The number of carbonyl (C=O) groups excluding carboxylic acids is 1. The maximum atomic E-state index is 13.4. The average molecular weight is 227 g/mol. The van der Waals surface area contributed by atoms with Crippen molar-refractivity contribution >= 4 is 5.78 Å². The fourth-order valence-electron chi connectivity index (χ4n) is 1.65. The average Bonchev–Trinajstić information content (AvgIpc) is 2.21. The lowest BCUT2D eigenvalue weighted by molar-refractivity contribution is -0.0817. The summed E-state index contributed by atoms with van der Waals surface area (Å²) in [4.78, 5) is 12.0. The van der Waals surface area contributed by atoms with Gasteiger partial charge in [-0.1, -0.05) is 0 Å². The van der Waals surface area contributed by atoms with E-state index in [-0.39, 0.29) is 25.3 Å². The second-order valence-electron chi connectivity index (χ2n) is 3.93. The van der Waals surface area contributed by atoms with Crippen molar-refractivity contribution in [2.24, 2.45) is 11.1 Å². The molecule has 0 aliphatic carbocycles. The van der Waals surface area contributed by atoms with E-state index in [2.05, 4.69) is 0 Å². The van der Waals surface area contributed by atoms with Crippen LogP contribution in [0.25, 0.3) is 0 Å². The highest BCUT2D eigenvalue weighted by Gasteiger charge is 2.45. The van der Waals surface area contributed by atoms with Crippen LogP contribution in [0.4, 0.5) is 8.78 Å². The van der Waals surface area contributed by atoms with Crippen molar-refractivity contribution in [2.75, 3.05) is 19.8 Å². The van der Waals surface area contributed by atoms with E-state index >= 15 is 0 Å². The predicted octanol–water partition coefficient (Wildman–Crippen LogP) is 1.12. The van der Waals surface area contributed by atoms with Gasteiger partial charge in [-0.2, -0.15) is 0 Å². The van der Waals surface area contributed by atoms with Crippen LogP contribution < -0.4 is 5.73 Å². The van der Waals surface area contributed by atoms with Crippen LogP contribution in [-0.2, 0) is 4.74 Å². The number of ketones is 1. The van der Waals surface area contributed by atoms with E-state index in [0.717, 1.165) is 18.2 Å². The van der Waals surface area contributed by atoms with Crippen LogP contribution in [0.2, 0.25) is 0 Å². The zero-order valence-electron chi connectivity index (χ0n) is 8.50. The lowest BCUT2D eigenvalue weighted by Gasteiger charge is -2.38. The van der Waals surface area contributed by atoms with Gasteiger partial charge in [0.2, 0.25) is 0 Å². The molecule has 2 rings (SSSR count).